The van der Waals surface area contributed by atoms with Gasteiger partial charge in [0.2, 0.25) is 5.91 Å². The van der Waals surface area contributed by atoms with E-state index in [-0.39, 0.29) is 29.8 Å². The first-order chi connectivity index (χ1) is 19.0. The van der Waals surface area contributed by atoms with E-state index in [9.17, 15) is 14.0 Å². The lowest BCUT2D eigenvalue weighted by Crippen LogP contribution is -2.54. The van der Waals surface area contributed by atoms with Gasteiger partial charge in [0.15, 0.2) is 0 Å². The Morgan fingerprint density at radius 2 is 1.79 bits per heavy atom. The number of benzene rings is 2. The summed E-state index contributed by atoms with van der Waals surface area (Å²) in [4.78, 5) is 28.6. The highest BCUT2D eigenvalue weighted by Gasteiger charge is 2.39. The summed E-state index contributed by atoms with van der Waals surface area (Å²) in [7, 11) is 0. The molecule has 0 spiro atoms. The summed E-state index contributed by atoms with van der Waals surface area (Å²) in [6.45, 7) is 1.89. The number of halogens is 1. The number of nitrogens with zero attached hydrogens (tertiary/aromatic N) is 4. The lowest BCUT2D eigenvalue weighted by molar-refractivity contribution is -0.142. The summed E-state index contributed by atoms with van der Waals surface area (Å²) in [5.41, 5.74) is 2.42. The van der Waals surface area contributed by atoms with Gasteiger partial charge in [-0.2, -0.15) is 0 Å². The van der Waals surface area contributed by atoms with Gasteiger partial charge in [-0.25, -0.2) is 9.07 Å². The van der Waals surface area contributed by atoms with Gasteiger partial charge in [-0.3, -0.25) is 9.59 Å². The highest BCUT2D eigenvalue weighted by atomic mass is 19.1. The van der Waals surface area contributed by atoms with Crippen LogP contribution in [0.1, 0.15) is 53.9 Å². The molecule has 2 aliphatic heterocycles. The van der Waals surface area contributed by atoms with Gasteiger partial charge in [-0.15, -0.1) is 5.10 Å². The molecule has 2 bridgehead atoms. The second-order valence-corrected chi connectivity index (χ2v) is 10.7. The average Bonchev–Trinajstić information content (AvgIpc) is 3.34. The molecule has 39 heavy (non-hydrogen) atoms. The summed E-state index contributed by atoms with van der Waals surface area (Å²) in [5.74, 6) is -0.146. The van der Waals surface area contributed by atoms with Crippen LogP contribution in [0.25, 0.3) is 5.69 Å². The lowest BCUT2D eigenvalue weighted by Gasteiger charge is -2.34. The van der Waals surface area contributed by atoms with E-state index in [0.29, 0.717) is 37.0 Å². The molecule has 1 saturated carbocycles. The predicted molar refractivity (Wildman–Crippen MR) is 142 cm³/mol. The van der Waals surface area contributed by atoms with Crippen LogP contribution >= 0.6 is 0 Å². The maximum Gasteiger partial charge on any atom is 0.251 e. The van der Waals surface area contributed by atoms with E-state index in [1.54, 1.807) is 41.3 Å². The monoisotopic (exact) mass is 532 g/mol. The minimum atomic E-state index is -0.612. The number of hydrogen-bond donors (Lipinski definition) is 2. The van der Waals surface area contributed by atoms with Crippen molar-refractivity contribution in [3.05, 3.63) is 77.9 Å². The third-order valence-electron chi connectivity index (χ3n) is 7.94. The van der Waals surface area contributed by atoms with E-state index >= 15 is 0 Å². The minimum absolute atomic E-state index is 0.0432. The Kier molecular flexibility index (Phi) is 7.38. The molecule has 10 heteroatoms. The van der Waals surface area contributed by atoms with Crippen LogP contribution in [0.3, 0.4) is 0 Å². The topological polar surface area (TPSA) is 101 Å². The van der Waals surface area contributed by atoms with Gasteiger partial charge in [0.05, 0.1) is 30.3 Å². The average molecular weight is 533 g/mol. The number of carbonyl (C=O) groups excluding carboxylic acids is 2. The Morgan fingerprint density at radius 3 is 2.49 bits per heavy atom. The molecule has 3 heterocycles. The number of aromatic nitrogens is 3. The van der Waals surface area contributed by atoms with Gasteiger partial charge in [0.1, 0.15) is 11.9 Å². The molecule has 3 aliphatic rings. The zero-order chi connectivity index (χ0) is 26.8. The fourth-order valence-corrected chi connectivity index (χ4v) is 5.72. The third kappa shape index (κ3) is 6.02. The molecule has 3 aromatic rings. The minimum Gasteiger partial charge on any atom is -0.371 e. The van der Waals surface area contributed by atoms with Crippen molar-refractivity contribution in [3.8, 4) is 5.69 Å². The van der Waals surface area contributed by atoms with Crippen LogP contribution < -0.4 is 10.6 Å². The predicted octanol–water partition coefficient (Wildman–Crippen LogP) is 2.82. The summed E-state index contributed by atoms with van der Waals surface area (Å²) in [5, 5.41) is 14.3. The van der Waals surface area contributed by atoms with Crippen LogP contribution in [0.5, 0.6) is 0 Å². The standard InChI is InChI=1S/C29H33FN6O3/c30-21-7-3-19(4-8-21)25-16-27(25)31-13-1-2-26(29(38)35-17-23-11-12-24(18-35)39-23)33-28(37)20-5-9-22(10-6-20)36-15-14-32-34-36/h3-10,14-15,23-27,31H,1-2,11-13,16-18H2,(H,33,37)/t23?,24?,25-,26-,27+/m0/s1. The molecule has 2 unspecified atom stereocenters. The van der Waals surface area contributed by atoms with E-state index in [2.05, 4.69) is 20.9 Å². The summed E-state index contributed by atoms with van der Waals surface area (Å²) in [6.07, 6.45) is 7.76. The molecule has 5 atom stereocenters. The van der Waals surface area contributed by atoms with Crippen LogP contribution in [0.4, 0.5) is 4.39 Å². The fourth-order valence-electron chi connectivity index (χ4n) is 5.72. The molecular weight excluding hydrogens is 499 g/mol. The van der Waals surface area contributed by atoms with Gasteiger partial charge in [-0.1, -0.05) is 17.3 Å². The third-order valence-corrected chi connectivity index (χ3v) is 7.94. The van der Waals surface area contributed by atoms with E-state index in [1.807, 2.05) is 17.0 Å². The first-order valence-electron chi connectivity index (χ1n) is 13.7. The fraction of sp³-hybridized carbons (Fsp3) is 0.448. The van der Waals surface area contributed by atoms with E-state index in [4.69, 9.17) is 4.74 Å². The van der Waals surface area contributed by atoms with Crippen molar-refractivity contribution < 1.29 is 18.7 Å². The van der Waals surface area contributed by atoms with Gasteiger partial charge < -0.3 is 20.3 Å². The van der Waals surface area contributed by atoms with Crippen LogP contribution in [0.2, 0.25) is 0 Å². The number of nitrogens with one attached hydrogen (secondary N) is 2. The summed E-state index contributed by atoms with van der Waals surface area (Å²) >= 11 is 0. The van der Waals surface area contributed by atoms with Crippen molar-refractivity contribution in [2.24, 2.45) is 0 Å². The van der Waals surface area contributed by atoms with Crippen LogP contribution in [-0.2, 0) is 9.53 Å². The number of likely N-dealkylation sites (tertiary alicyclic amines) is 1. The van der Waals surface area contributed by atoms with Crippen molar-refractivity contribution in [1.29, 1.82) is 0 Å². The molecule has 1 aliphatic carbocycles. The molecule has 2 aromatic carbocycles. The first kappa shape index (κ1) is 25.6. The van der Waals surface area contributed by atoms with Crippen molar-refractivity contribution in [2.45, 2.75) is 62.3 Å². The quantitative estimate of drug-likeness (QED) is 0.390. The van der Waals surface area contributed by atoms with Gasteiger partial charge in [0.25, 0.3) is 5.91 Å². The Labute approximate surface area is 226 Å². The largest absolute Gasteiger partial charge is 0.371 e. The van der Waals surface area contributed by atoms with Crippen LogP contribution in [0, 0.1) is 5.82 Å². The molecule has 9 nitrogen and oxygen atoms in total. The number of hydrogen-bond acceptors (Lipinski definition) is 6. The smallest absolute Gasteiger partial charge is 0.251 e. The number of rotatable bonds is 10. The number of morpholine rings is 1. The summed E-state index contributed by atoms with van der Waals surface area (Å²) < 4.78 is 20.8. The number of carbonyl (C=O) groups is 2. The van der Waals surface area contributed by atoms with E-state index in [1.165, 1.54) is 12.1 Å². The highest BCUT2D eigenvalue weighted by molar-refractivity contribution is 5.97. The van der Waals surface area contributed by atoms with Gasteiger partial charge in [0, 0.05) is 30.6 Å². The first-order valence-corrected chi connectivity index (χ1v) is 13.7. The molecule has 0 radical (unpaired) electrons. The summed E-state index contributed by atoms with van der Waals surface area (Å²) in [6, 6.07) is 13.5. The maximum atomic E-state index is 13.6. The molecule has 2 N–H and O–H groups in total. The molecule has 6 rings (SSSR count). The van der Waals surface area contributed by atoms with Crippen molar-refractivity contribution in [2.75, 3.05) is 19.6 Å². The van der Waals surface area contributed by atoms with Crippen molar-refractivity contribution in [3.63, 3.8) is 0 Å². The Balaban J connectivity index is 1.06. The van der Waals surface area contributed by atoms with Crippen molar-refractivity contribution >= 4 is 11.8 Å². The van der Waals surface area contributed by atoms with E-state index in [0.717, 1.165) is 43.5 Å². The lowest BCUT2D eigenvalue weighted by atomic mass is 10.1. The maximum absolute atomic E-state index is 13.6. The molecule has 204 valence electrons. The molecule has 2 amide bonds. The molecule has 3 fully saturated rings. The Bertz CT molecular complexity index is 1270. The van der Waals surface area contributed by atoms with Gasteiger partial charge >= 0.3 is 0 Å². The zero-order valence-corrected chi connectivity index (χ0v) is 21.7. The van der Waals surface area contributed by atoms with Crippen molar-refractivity contribution in [1.82, 2.24) is 30.5 Å². The van der Waals surface area contributed by atoms with Crippen LogP contribution in [0.15, 0.2) is 60.9 Å². The number of fused-ring (bicyclic) bond motifs is 2. The van der Waals surface area contributed by atoms with Gasteiger partial charge in [-0.05, 0) is 80.6 Å². The second-order valence-electron chi connectivity index (χ2n) is 10.7. The molecule has 2 saturated heterocycles. The SMILES string of the molecule is O=C(N[C@@H](CCCN[C@@H]1C[C@H]1c1ccc(F)cc1)C(=O)N1CC2CCC(C1)O2)c1ccc(-n2ccnn2)cc1. The Hall–Kier alpha value is -3.63. The highest BCUT2D eigenvalue weighted by Crippen LogP contribution is 2.40. The molecule has 1 aromatic heterocycles. The number of amides is 2. The zero-order valence-electron chi connectivity index (χ0n) is 21.7. The van der Waals surface area contributed by atoms with E-state index < -0.39 is 6.04 Å². The molecular formula is C29H33FN6O3. The normalized spacial score (nSPS) is 24.4. The number of ether oxygens (including phenoxy) is 1. The Morgan fingerprint density at radius 1 is 1.05 bits per heavy atom. The van der Waals surface area contributed by atoms with Crippen LogP contribution in [-0.4, -0.2) is 75.6 Å². The second kappa shape index (κ2) is 11.2.